The molecule has 28 heavy (non-hydrogen) atoms. The van der Waals surface area contributed by atoms with Gasteiger partial charge in [-0.05, 0) is 43.3 Å². The van der Waals surface area contributed by atoms with Gasteiger partial charge in [-0.3, -0.25) is 14.5 Å². The van der Waals surface area contributed by atoms with Crippen LogP contribution in [0.3, 0.4) is 0 Å². The molecular formula is C20H17FN2O4S. The molecule has 4 rings (SSSR count). The molecule has 2 aliphatic rings. The molecular weight excluding hydrogens is 383 g/mol. The van der Waals surface area contributed by atoms with Gasteiger partial charge in [0.1, 0.15) is 5.82 Å². The molecule has 0 bridgehead atoms. The lowest BCUT2D eigenvalue weighted by Gasteiger charge is -2.29. The monoisotopic (exact) mass is 400 g/mol. The first-order valence-corrected chi connectivity index (χ1v) is 9.61. The molecule has 2 aliphatic heterocycles. The zero-order chi connectivity index (χ0) is 19.9. The fraction of sp³-hybridized carbons (Fsp3) is 0.250. The van der Waals surface area contributed by atoms with Gasteiger partial charge >= 0.3 is 5.97 Å². The molecule has 144 valence electrons. The number of fused-ring (bicyclic) bond motifs is 3. The molecule has 0 radical (unpaired) electrons. The van der Waals surface area contributed by atoms with Gasteiger partial charge in [0, 0.05) is 23.4 Å². The highest BCUT2D eigenvalue weighted by atomic mass is 32.2. The summed E-state index contributed by atoms with van der Waals surface area (Å²) in [5, 5.41) is 2.58. The maximum Gasteiger partial charge on any atom is 0.344 e. The lowest BCUT2D eigenvalue weighted by Crippen LogP contribution is -2.49. The second kappa shape index (κ2) is 6.94. The van der Waals surface area contributed by atoms with E-state index in [9.17, 15) is 18.8 Å². The first-order chi connectivity index (χ1) is 13.4. The normalized spacial score (nSPS) is 21.1. The van der Waals surface area contributed by atoms with Crippen LogP contribution in [0.25, 0.3) is 0 Å². The third kappa shape index (κ3) is 3.03. The van der Waals surface area contributed by atoms with Crippen LogP contribution in [-0.2, 0) is 19.1 Å². The number of nitrogens with one attached hydrogen (secondary N) is 1. The molecule has 1 saturated heterocycles. The molecule has 2 heterocycles. The van der Waals surface area contributed by atoms with Crippen molar-refractivity contribution in [3.63, 3.8) is 0 Å². The molecule has 1 fully saturated rings. The lowest BCUT2D eigenvalue weighted by molar-refractivity contribution is -0.155. The average molecular weight is 400 g/mol. The van der Waals surface area contributed by atoms with Crippen LogP contribution in [0.15, 0.2) is 53.4 Å². The summed E-state index contributed by atoms with van der Waals surface area (Å²) in [6, 6.07) is 12.6. The van der Waals surface area contributed by atoms with Crippen molar-refractivity contribution in [3.05, 3.63) is 54.3 Å². The highest BCUT2D eigenvalue weighted by Gasteiger charge is 2.58. The van der Waals surface area contributed by atoms with E-state index >= 15 is 0 Å². The average Bonchev–Trinajstić information content (AvgIpc) is 3.19. The number of amides is 2. The van der Waals surface area contributed by atoms with Gasteiger partial charge in [0.15, 0.2) is 11.0 Å². The first kappa shape index (κ1) is 18.5. The van der Waals surface area contributed by atoms with E-state index in [0.29, 0.717) is 17.8 Å². The fourth-order valence-electron chi connectivity index (χ4n) is 3.36. The highest BCUT2D eigenvalue weighted by molar-refractivity contribution is 8.02. The Hall–Kier alpha value is -2.87. The molecule has 2 aromatic rings. The summed E-state index contributed by atoms with van der Waals surface area (Å²) in [4.78, 5) is 38.9. The number of benzene rings is 2. The third-order valence-electron chi connectivity index (χ3n) is 4.76. The number of hydrogen-bond acceptors (Lipinski definition) is 5. The molecule has 1 N–H and O–H groups in total. The van der Waals surface area contributed by atoms with Crippen molar-refractivity contribution < 1.29 is 23.5 Å². The third-order valence-corrected chi connectivity index (χ3v) is 6.21. The predicted molar refractivity (Wildman–Crippen MR) is 102 cm³/mol. The molecule has 0 aromatic heterocycles. The van der Waals surface area contributed by atoms with Gasteiger partial charge < -0.3 is 10.1 Å². The maximum absolute atomic E-state index is 13.0. The highest BCUT2D eigenvalue weighted by Crippen LogP contribution is 2.56. The number of esters is 1. The van der Waals surface area contributed by atoms with Gasteiger partial charge in [0.05, 0.1) is 5.69 Å². The molecule has 0 spiro atoms. The molecule has 0 unspecified atom stereocenters. The molecule has 8 heteroatoms. The van der Waals surface area contributed by atoms with Crippen molar-refractivity contribution in [1.29, 1.82) is 0 Å². The van der Waals surface area contributed by atoms with E-state index in [-0.39, 0.29) is 12.3 Å². The number of carbonyl (C=O) groups excluding carboxylic acids is 3. The molecule has 0 saturated carbocycles. The summed E-state index contributed by atoms with van der Waals surface area (Å²) in [5.74, 6) is -1.72. The quantitative estimate of drug-likeness (QED) is 0.797. The van der Waals surface area contributed by atoms with Gasteiger partial charge in [0.2, 0.25) is 5.91 Å². The maximum atomic E-state index is 13.0. The second-order valence-corrected chi connectivity index (χ2v) is 7.95. The number of para-hydroxylation sites is 1. The van der Waals surface area contributed by atoms with Crippen molar-refractivity contribution >= 4 is 40.9 Å². The smallest absolute Gasteiger partial charge is 0.344 e. The van der Waals surface area contributed by atoms with Crippen LogP contribution in [0.1, 0.15) is 19.8 Å². The van der Waals surface area contributed by atoms with Crippen LogP contribution in [0, 0.1) is 5.82 Å². The largest absolute Gasteiger partial charge is 0.450 e. The lowest BCUT2D eigenvalue weighted by atomic mass is 10.2. The van der Waals surface area contributed by atoms with Gasteiger partial charge in [-0.15, -0.1) is 0 Å². The number of rotatable bonds is 4. The molecule has 2 aromatic carbocycles. The van der Waals surface area contributed by atoms with Gasteiger partial charge in [-0.2, -0.15) is 0 Å². The van der Waals surface area contributed by atoms with Gasteiger partial charge in [-0.1, -0.05) is 23.9 Å². The summed E-state index contributed by atoms with van der Waals surface area (Å²) in [5.41, 5.74) is 1.09. The van der Waals surface area contributed by atoms with Crippen molar-refractivity contribution in [2.75, 3.05) is 10.2 Å². The van der Waals surface area contributed by atoms with Crippen LogP contribution < -0.4 is 10.2 Å². The molecule has 2 amide bonds. The summed E-state index contributed by atoms with van der Waals surface area (Å²) >= 11 is 1.28. The Bertz CT molecular complexity index is 965. The van der Waals surface area contributed by atoms with Gasteiger partial charge in [0.25, 0.3) is 5.91 Å². The van der Waals surface area contributed by atoms with Gasteiger partial charge in [-0.25, -0.2) is 9.18 Å². The number of thioether (sulfide) groups is 1. The summed E-state index contributed by atoms with van der Waals surface area (Å²) in [6.45, 7) is 1.46. The second-order valence-electron chi connectivity index (χ2n) is 6.63. The van der Waals surface area contributed by atoms with Crippen LogP contribution in [0.5, 0.6) is 0 Å². The molecule has 6 nitrogen and oxygen atoms in total. The number of carbonyl (C=O) groups is 3. The Morgan fingerprint density at radius 2 is 1.93 bits per heavy atom. The zero-order valence-electron chi connectivity index (χ0n) is 15.0. The Morgan fingerprint density at radius 1 is 1.21 bits per heavy atom. The Balaban J connectivity index is 1.49. The zero-order valence-corrected chi connectivity index (χ0v) is 15.8. The van der Waals surface area contributed by atoms with Crippen molar-refractivity contribution in [1.82, 2.24) is 0 Å². The molecule has 2 atom stereocenters. The van der Waals surface area contributed by atoms with E-state index in [0.717, 1.165) is 4.90 Å². The summed E-state index contributed by atoms with van der Waals surface area (Å²) < 4.78 is 18.4. The summed E-state index contributed by atoms with van der Waals surface area (Å²) in [6.07, 6.45) is -0.517. The van der Waals surface area contributed by atoms with Crippen LogP contribution in [0.2, 0.25) is 0 Å². The van der Waals surface area contributed by atoms with Crippen molar-refractivity contribution in [2.24, 2.45) is 0 Å². The Morgan fingerprint density at radius 3 is 2.68 bits per heavy atom. The van der Waals surface area contributed by atoms with E-state index in [1.54, 1.807) is 6.07 Å². The first-order valence-electron chi connectivity index (χ1n) is 8.79. The Labute approximate surface area is 165 Å². The van der Waals surface area contributed by atoms with E-state index in [4.69, 9.17) is 4.74 Å². The number of hydrogen-bond donors (Lipinski definition) is 1. The fourth-order valence-corrected chi connectivity index (χ4v) is 4.76. The van der Waals surface area contributed by atoms with E-state index in [1.807, 2.05) is 18.2 Å². The topological polar surface area (TPSA) is 75.7 Å². The van der Waals surface area contributed by atoms with E-state index in [2.05, 4.69) is 5.32 Å². The van der Waals surface area contributed by atoms with Crippen molar-refractivity contribution in [3.8, 4) is 0 Å². The van der Waals surface area contributed by atoms with Crippen molar-refractivity contribution in [2.45, 2.75) is 35.6 Å². The van der Waals surface area contributed by atoms with Crippen LogP contribution in [0.4, 0.5) is 15.8 Å². The van der Waals surface area contributed by atoms with Crippen LogP contribution >= 0.6 is 11.8 Å². The minimum absolute atomic E-state index is 0.141. The minimum Gasteiger partial charge on any atom is -0.450 e. The number of ether oxygens (including phenoxy) is 1. The minimum atomic E-state index is -1.18. The van der Waals surface area contributed by atoms with Crippen LogP contribution in [-0.4, -0.2) is 28.8 Å². The molecule has 0 aliphatic carbocycles. The predicted octanol–water partition coefficient (Wildman–Crippen LogP) is 3.32. The Kier molecular flexibility index (Phi) is 4.58. The standard InChI is InChI=1S/C20H17FN2O4S/c1-12(18(25)22-14-8-6-13(21)7-9-14)27-19(26)20-11-10-17(24)23(20)15-4-2-3-5-16(15)28-20/h2-9,12H,10-11H2,1H3,(H,22,25)/t12-,20-/m0/s1. The van der Waals surface area contributed by atoms with E-state index < -0.39 is 28.7 Å². The number of anilines is 2. The number of halogens is 1. The summed E-state index contributed by atoms with van der Waals surface area (Å²) in [7, 11) is 0. The number of nitrogens with zero attached hydrogens (tertiary/aromatic N) is 1. The SMILES string of the molecule is C[C@H](OC(=O)[C@@]12CCC(=O)N1c1ccccc1S2)C(=O)Nc1ccc(F)cc1. The van der Waals surface area contributed by atoms with E-state index in [1.165, 1.54) is 47.9 Å².